The van der Waals surface area contributed by atoms with Gasteiger partial charge in [0.05, 0.1) is 18.7 Å². The quantitative estimate of drug-likeness (QED) is 0.589. The van der Waals surface area contributed by atoms with Crippen LogP contribution in [-0.2, 0) is 9.36 Å². The van der Waals surface area contributed by atoms with Crippen LogP contribution in [0.3, 0.4) is 0 Å². The summed E-state index contributed by atoms with van der Waals surface area (Å²) in [6.07, 6.45) is -1.03. The molecular weight excluding hydrogens is 382 g/mol. The number of carboxylic acid groups (broad SMARTS) is 1. The van der Waals surface area contributed by atoms with Gasteiger partial charge >= 0.3 is 5.97 Å². The Kier molecular flexibility index (Phi) is 6.94. The number of carboxylic acids is 1. The average molecular weight is 406 g/mol. The third-order valence-electron chi connectivity index (χ3n) is 4.36. The van der Waals surface area contributed by atoms with E-state index in [2.05, 4.69) is 0 Å². The van der Waals surface area contributed by atoms with E-state index in [-0.39, 0.29) is 5.82 Å². The van der Waals surface area contributed by atoms with Gasteiger partial charge in [-0.3, -0.25) is 9.36 Å². The summed E-state index contributed by atoms with van der Waals surface area (Å²) < 4.78 is 26.0. The van der Waals surface area contributed by atoms with Crippen molar-refractivity contribution in [2.24, 2.45) is 0 Å². The highest BCUT2D eigenvalue weighted by atomic mass is 31.2. The Morgan fingerprint density at radius 3 is 2.46 bits per heavy atom. The minimum Gasteiger partial charge on any atom is -0.481 e. The molecule has 0 saturated carbocycles. The topological polar surface area (TPSA) is 94.8 Å². The molecule has 1 unspecified atom stereocenters. The van der Waals surface area contributed by atoms with Crippen molar-refractivity contribution in [3.8, 4) is 11.1 Å². The zero-order valence-electron chi connectivity index (χ0n) is 16.0. The number of aliphatic hydroxyl groups is 1. The lowest BCUT2D eigenvalue weighted by molar-refractivity contribution is -0.138. The Balaban J connectivity index is 2.42. The van der Waals surface area contributed by atoms with Crippen LogP contribution in [0.1, 0.15) is 28.7 Å². The number of hydrogen-bond acceptors (Lipinski definition) is 3. The van der Waals surface area contributed by atoms with Crippen molar-refractivity contribution in [2.45, 2.75) is 33.3 Å². The molecule has 28 heavy (non-hydrogen) atoms. The summed E-state index contributed by atoms with van der Waals surface area (Å²) in [5.41, 5.74) is 4.65. The summed E-state index contributed by atoms with van der Waals surface area (Å²) in [4.78, 5) is 20.7. The second-order valence-electron chi connectivity index (χ2n) is 7.01. The van der Waals surface area contributed by atoms with Crippen molar-refractivity contribution in [3.05, 3.63) is 64.2 Å². The number of benzene rings is 2. The van der Waals surface area contributed by atoms with E-state index in [9.17, 15) is 23.7 Å². The van der Waals surface area contributed by atoms with Crippen LogP contribution in [-0.4, -0.2) is 33.3 Å². The van der Waals surface area contributed by atoms with E-state index in [1.54, 1.807) is 19.1 Å². The number of rotatable bonds is 7. The summed E-state index contributed by atoms with van der Waals surface area (Å²) in [5.74, 6) is -0.423. The number of aliphatic carboxylic acids is 1. The monoisotopic (exact) mass is 406 g/mol. The maximum absolute atomic E-state index is 13.6. The lowest BCUT2D eigenvalue weighted by Gasteiger charge is -2.14. The third kappa shape index (κ3) is 5.86. The van der Waals surface area contributed by atoms with Gasteiger partial charge in [-0.15, -0.1) is 0 Å². The van der Waals surface area contributed by atoms with E-state index in [0.717, 1.165) is 28.1 Å². The first kappa shape index (κ1) is 22.0. The molecule has 150 valence electrons. The standard InChI is InChI=1S/C21H24FO5P/c1-13-8-14(2)18(6-7-28(26,27)12-17(23)11-21(24)25)19(9-13)16-4-5-20(22)15(3)10-16/h4-10,17,23H,11-12H2,1-3H3,(H,24,25)(H,26,27)/t17-/m0/s1. The first-order valence-corrected chi connectivity index (χ1v) is 10.7. The van der Waals surface area contributed by atoms with E-state index < -0.39 is 32.0 Å². The van der Waals surface area contributed by atoms with Crippen LogP contribution in [0.5, 0.6) is 0 Å². The maximum Gasteiger partial charge on any atom is 0.305 e. The van der Waals surface area contributed by atoms with Gasteiger partial charge < -0.3 is 15.1 Å². The highest BCUT2D eigenvalue weighted by molar-refractivity contribution is 7.61. The molecule has 0 aromatic heterocycles. The largest absolute Gasteiger partial charge is 0.481 e. The van der Waals surface area contributed by atoms with Crippen molar-refractivity contribution in [1.82, 2.24) is 0 Å². The summed E-state index contributed by atoms with van der Waals surface area (Å²) in [5, 5.41) is 18.3. The molecule has 0 saturated heterocycles. The van der Waals surface area contributed by atoms with E-state index in [4.69, 9.17) is 5.11 Å². The van der Waals surface area contributed by atoms with E-state index in [1.165, 1.54) is 12.1 Å². The Bertz CT molecular complexity index is 968. The van der Waals surface area contributed by atoms with Crippen LogP contribution in [0.2, 0.25) is 0 Å². The van der Waals surface area contributed by atoms with Gasteiger partial charge in [-0.1, -0.05) is 23.8 Å². The van der Waals surface area contributed by atoms with Crippen LogP contribution in [0.25, 0.3) is 17.2 Å². The molecule has 0 fully saturated rings. The molecule has 2 aromatic carbocycles. The Morgan fingerprint density at radius 2 is 1.86 bits per heavy atom. The van der Waals surface area contributed by atoms with Gasteiger partial charge in [0, 0.05) is 5.82 Å². The SMILES string of the molecule is Cc1cc(C)c(C=CP(=O)(O)C[C@@H](O)CC(=O)O)c(-c2ccc(F)c(C)c2)c1. The first-order chi connectivity index (χ1) is 13.0. The minimum atomic E-state index is -3.88. The molecule has 2 rings (SSSR count). The highest BCUT2D eigenvalue weighted by Crippen LogP contribution is 2.44. The van der Waals surface area contributed by atoms with Gasteiger partial charge in [0.2, 0.25) is 7.37 Å². The molecule has 7 heteroatoms. The van der Waals surface area contributed by atoms with Crippen molar-refractivity contribution in [3.63, 3.8) is 0 Å². The van der Waals surface area contributed by atoms with Crippen LogP contribution in [0.15, 0.2) is 36.1 Å². The maximum atomic E-state index is 13.6. The van der Waals surface area contributed by atoms with E-state index >= 15 is 0 Å². The molecule has 0 spiro atoms. The molecule has 0 aliphatic rings. The van der Waals surface area contributed by atoms with Crippen molar-refractivity contribution in [2.75, 3.05) is 6.16 Å². The second kappa shape index (κ2) is 8.82. The van der Waals surface area contributed by atoms with Gasteiger partial charge in [-0.2, -0.15) is 0 Å². The minimum absolute atomic E-state index is 0.308. The molecular formula is C21H24FO5P. The predicted molar refractivity (Wildman–Crippen MR) is 108 cm³/mol. The lowest BCUT2D eigenvalue weighted by atomic mass is 9.93. The Morgan fingerprint density at radius 1 is 1.18 bits per heavy atom. The predicted octanol–water partition coefficient (Wildman–Crippen LogP) is 4.49. The van der Waals surface area contributed by atoms with Crippen LogP contribution in [0.4, 0.5) is 4.39 Å². The molecule has 0 bridgehead atoms. The van der Waals surface area contributed by atoms with Gasteiger partial charge in [-0.25, -0.2) is 4.39 Å². The van der Waals surface area contributed by atoms with Crippen molar-refractivity contribution in [1.29, 1.82) is 0 Å². The number of carbonyl (C=O) groups is 1. The second-order valence-corrected chi connectivity index (χ2v) is 9.19. The van der Waals surface area contributed by atoms with Gasteiger partial charge in [0.15, 0.2) is 0 Å². The number of halogens is 1. The number of aryl methyl sites for hydroxylation is 3. The van der Waals surface area contributed by atoms with Crippen LogP contribution >= 0.6 is 7.37 Å². The molecule has 3 N–H and O–H groups in total. The molecule has 0 aliphatic heterocycles. The number of aliphatic hydroxyl groups excluding tert-OH is 1. The summed E-state index contributed by atoms with van der Waals surface area (Å²) >= 11 is 0. The van der Waals surface area contributed by atoms with Crippen molar-refractivity contribution >= 4 is 19.4 Å². The average Bonchev–Trinajstić information content (AvgIpc) is 2.54. The van der Waals surface area contributed by atoms with Gasteiger partial charge in [0.1, 0.15) is 5.82 Å². The van der Waals surface area contributed by atoms with Gasteiger partial charge in [-0.05, 0) is 66.8 Å². The fraction of sp³-hybridized carbons (Fsp3) is 0.286. The third-order valence-corrected chi connectivity index (χ3v) is 5.92. The van der Waals surface area contributed by atoms with E-state index in [0.29, 0.717) is 11.1 Å². The van der Waals surface area contributed by atoms with Crippen LogP contribution < -0.4 is 0 Å². The number of hydrogen-bond donors (Lipinski definition) is 3. The Hall–Kier alpha value is -2.27. The summed E-state index contributed by atoms with van der Waals surface area (Å²) in [6.45, 7) is 5.47. The molecule has 0 radical (unpaired) electrons. The zero-order chi connectivity index (χ0) is 21.1. The fourth-order valence-corrected chi connectivity index (χ4v) is 4.31. The molecule has 0 amide bonds. The summed E-state index contributed by atoms with van der Waals surface area (Å²) in [6, 6.07) is 8.61. The summed E-state index contributed by atoms with van der Waals surface area (Å²) in [7, 11) is -3.88. The van der Waals surface area contributed by atoms with Gasteiger partial charge in [0.25, 0.3) is 0 Å². The van der Waals surface area contributed by atoms with E-state index in [1.807, 2.05) is 26.0 Å². The Labute approximate surface area is 163 Å². The molecule has 0 aliphatic carbocycles. The highest BCUT2D eigenvalue weighted by Gasteiger charge is 2.22. The normalized spacial score (nSPS) is 14.8. The first-order valence-electron chi connectivity index (χ1n) is 8.77. The molecule has 2 atom stereocenters. The molecule has 0 heterocycles. The molecule has 2 aromatic rings. The lowest BCUT2D eigenvalue weighted by Crippen LogP contribution is -2.16. The molecule has 5 nitrogen and oxygen atoms in total. The fourth-order valence-electron chi connectivity index (χ4n) is 3.07. The van der Waals surface area contributed by atoms with Crippen molar-refractivity contribution < 1.29 is 28.9 Å². The zero-order valence-corrected chi connectivity index (χ0v) is 16.9. The smallest absolute Gasteiger partial charge is 0.305 e. The van der Waals surface area contributed by atoms with Crippen LogP contribution in [0, 0.1) is 26.6 Å².